The van der Waals surface area contributed by atoms with Crippen LogP contribution in [0.15, 0.2) is 67.5 Å². The van der Waals surface area contributed by atoms with E-state index in [1.807, 2.05) is 18.2 Å². The van der Waals surface area contributed by atoms with Crippen LogP contribution in [0.3, 0.4) is 0 Å². The highest BCUT2D eigenvalue weighted by molar-refractivity contribution is 5.85. The third-order valence-corrected chi connectivity index (χ3v) is 6.70. The van der Waals surface area contributed by atoms with Crippen LogP contribution in [0.5, 0.6) is 5.75 Å². The van der Waals surface area contributed by atoms with Crippen LogP contribution in [0.1, 0.15) is 11.1 Å². The van der Waals surface area contributed by atoms with E-state index in [9.17, 15) is 19.6 Å². The third kappa shape index (κ3) is 5.67. The van der Waals surface area contributed by atoms with Gasteiger partial charge in [0.15, 0.2) is 11.6 Å². The minimum Gasteiger partial charge on any atom is -0.489 e. The fourth-order valence-corrected chi connectivity index (χ4v) is 4.59. The molecule has 1 aliphatic rings. The smallest absolute Gasteiger partial charge is 0.407 e. The number of halogens is 1. The fraction of sp³-hybridized carbons (Fsp3) is 0.214. The Hall–Kier alpha value is -5.55. The van der Waals surface area contributed by atoms with Crippen LogP contribution in [0, 0.1) is 17.1 Å². The third-order valence-electron chi connectivity index (χ3n) is 6.70. The Kier molecular flexibility index (Phi) is 7.31. The van der Waals surface area contributed by atoms with Gasteiger partial charge in [-0.05, 0) is 29.8 Å². The number of pyridine rings is 3. The molecule has 1 aliphatic heterocycles. The summed E-state index contributed by atoms with van der Waals surface area (Å²) in [7, 11) is 0. The fourth-order valence-electron chi connectivity index (χ4n) is 4.59. The van der Waals surface area contributed by atoms with Gasteiger partial charge >= 0.3 is 6.09 Å². The van der Waals surface area contributed by atoms with E-state index >= 15 is 0 Å². The molecule has 0 spiro atoms. The topological polar surface area (TPSA) is 156 Å². The van der Waals surface area contributed by atoms with Gasteiger partial charge in [0, 0.05) is 36.6 Å². The van der Waals surface area contributed by atoms with Gasteiger partial charge in [0.25, 0.3) is 0 Å². The second-order valence-electron chi connectivity index (χ2n) is 9.50. The first kappa shape index (κ1) is 26.7. The van der Waals surface area contributed by atoms with E-state index in [1.54, 1.807) is 35.2 Å². The van der Waals surface area contributed by atoms with Gasteiger partial charge < -0.3 is 24.8 Å². The average molecular weight is 570 g/mol. The molecule has 13 nitrogen and oxygen atoms in total. The molecule has 0 saturated carbocycles. The Bertz CT molecular complexity index is 1760. The highest BCUT2D eigenvalue weighted by Gasteiger charge is 2.24. The summed E-state index contributed by atoms with van der Waals surface area (Å²) in [5.41, 5.74) is 3.36. The standard InChI is InChI=1S/C28H24FN9O4/c29-21-13-35-37(14-21)26-4-1-18(10-33-26)9-31-25-3-2-19(11-32-25)24-7-22(16-38-27(24)20(8-30)12-34-38)42-17-23-15-36(28(39)40)5-6-41-23/h1-4,7,10-14,16,23H,5-6,9,15,17H2,(H,31,32)(H,39,40). The van der Waals surface area contributed by atoms with Crippen molar-refractivity contribution < 1.29 is 23.8 Å². The largest absolute Gasteiger partial charge is 0.489 e. The van der Waals surface area contributed by atoms with E-state index in [0.717, 1.165) is 17.3 Å². The minimum atomic E-state index is -0.990. The summed E-state index contributed by atoms with van der Waals surface area (Å²) in [6, 6.07) is 11.3. The summed E-state index contributed by atoms with van der Waals surface area (Å²) in [4.78, 5) is 21.5. The summed E-state index contributed by atoms with van der Waals surface area (Å²) >= 11 is 0. The molecule has 0 aromatic carbocycles. The zero-order chi connectivity index (χ0) is 29.1. The maximum Gasteiger partial charge on any atom is 0.407 e. The number of nitrogens with one attached hydrogen (secondary N) is 1. The number of carboxylic acid groups (broad SMARTS) is 1. The minimum absolute atomic E-state index is 0.150. The molecule has 1 saturated heterocycles. The number of nitrogens with zero attached hydrogens (tertiary/aromatic N) is 8. The number of nitriles is 1. The van der Waals surface area contributed by atoms with Crippen molar-refractivity contribution in [3.05, 3.63) is 84.5 Å². The molecule has 6 rings (SSSR count). The van der Waals surface area contributed by atoms with Gasteiger partial charge in [-0.25, -0.2) is 28.4 Å². The van der Waals surface area contributed by atoms with Crippen molar-refractivity contribution >= 4 is 17.4 Å². The molecular weight excluding hydrogens is 545 g/mol. The lowest BCUT2D eigenvalue weighted by Gasteiger charge is -2.30. The van der Waals surface area contributed by atoms with Gasteiger partial charge in [0.2, 0.25) is 0 Å². The van der Waals surface area contributed by atoms with E-state index < -0.39 is 18.0 Å². The quantitative estimate of drug-likeness (QED) is 0.284. The molecule has 0 aliphatic carbocycles. The predicted octanol–water partition coefficient (Wildman–Crippen LogP) is 3.36. The first-order valence-corrected chi connectivity index (χ1v) is 13.0. The number of morpholine rings is 1. The molecule has 6 heterocycles. The van der Waals surface area contributed by atoms with Crippen molar-refractivity contribution in [2.75, 3.05) is 31.6 Å². The van der Waals surface area contributed by atoms with Gasteiger partial charge in [0.05, 0.1) is 49.0 Å². The molecule has 1 unspecified atom stereocenters. The Labute approximate surface area is 238 Å². The molecule has 5 aromatic heterocycles. The molecule has 2 N–H and O–H groups in total. The number of carbonyl (C=O) groups is 1. The second-order valence-corrected chi connectivity index (χ2v) is 9.50. The molecule has 1 fully saturated rings. The van der Waals surface area contributed by atoms with E-state index in [1.165, 1.54) is 22.0 Å². The first-order chi connectivity index (χ1) is 20.5. The Morgan fingerprint density at radius 3 is 2.79 bits per heavy atom. The number of rotatable bonds is 8. The van der Waals surface area contributed by atoms with E-state index in [2.05, 4.69) is 31.6 Å². The lowest BCUT2D eigenvalue weighted by molar-refractivity contribution is -0.0412. The molecule has 0 bridgehead atoms. The van der Waals surface area contributed by atoms with Gasteiger partial charge in [-0.1, -0.05) is 6.07 Å². The predicted molar refractivity (Wildman–Crippen MR) is 147 cm³/mol. The molecule has 42 heavy (non-hydrogen) atoms. The lowest BCUT2D eigenvalue weighted by atomic mass is 10.1. The number of hydrogen-bond donors (Lipinski definition) is 2. The summed E-state index contributed by atoms with van der Waals surface area (Å²) in [5, 5.41) is 30.4. The number of aromatic nitrogens is 6. The number of hydrogen-bond acceptors (Lipinski definition) is 9. The van der Waals surface area contributed by atoms with Crippen LogP contribution >= 0.6 is 0 Å². The van der Waals surface area contributed by atoms with Gasteiger partial charge in [-0.15, -0.1) is 0 Å². The number of anilines is 1. The zero-order valence-electron chi connectivity index (χ0n) is 22.1. The van der Waals surface area contributed by atoms with Gasteiger partial charge in [-0.3, -0.25) is 0 Å². The monoisotopic (exact) mass is 569 g/mol. The van der Waals surface area contributed by atoms with Crippen LogP contribution in [0.2, 0.25) is 0 Å². The zero-order valence-corrected chi connectivity index (χ0v) is 22.1. The van der Waals surface area contributed by atoms with Crippen LogP contribution in [0.25, 0.3) is 22.5 Å². The Morgan fingerprint density at radius 2 is 2.07 bits per heavy atom. The lowest BCUT2D eigenvalue weighted by Crippen LogP contribution is -2.47. The van der Waals surface area contributed by atoms with Crippen molar-refractivity contribution in [1.29, 1.82) is 5.26 Å². The second kappa shape index (κ2) is 11.5. The van der Waals surface area contributed by atoms with Crippen molar-refractivity contribution in [3.63, 3.8) is 0 Å². The van der Waals surface area contributed by atoms with Gasteiger partial charge in [0.1, 0.15) is 30.3 Å². The van der Waals surface area contributed by atoms with Crippen LogP contribution in [-0.2, 0) is 11.3 Å². The van der Waals surface area contributed by atoms with Crippen LogP contribution in [0.4, 0.5) is 15.0 Å². The summed E-state index contributed by atoms with van der Waals surface area (Å²) in [6.45, 7) is 1.45. The number of ether oxygens (including phenoxy) is 2. The highest BCUT2D eigenvalue weighted by Crippen LogP contribution is 2.31. The molecule has 212 valence electrons. The number of fused-ring (bicyclic) bond motifs is 1. The van der Waals surface area contributed by atoms with E-state index in [0.29, 0.717) is 53.7 Å². The van der Waals surface area contributed by atoms with Crippen molar-refractivity contribution in [1.82, 2.24) is 34.3 Å². The van der Waals surface area contributed by atoms with Crippen molar-refractivity contribution in [3.8, 4) is 28.8 Å². The van der Waals surface area contributed by atoms with Crippen LogP contribution in [-0.4, -0.2) is 77.9 Å². The van der Waals surface area contributed by atoms with E-state index in [4.69, 9.17) is 9.47 Å². The molecule has 0 radical (unpaired) electrons. The van der Waals surface area contributed by atoms with Crippen molar-refractivity contribution in [2.45, 2.75) is 12.6 Å². The average Bonchev–Trinajstić information content (AvgIpc) is 3.65. The first-order valence-electron chi connectivity index (χ1n) is 13.0. The normalized spacial score (nSPS) is 15.0. The Balaban J connectivity index is 1.16. The molecule has 1 amide bonds. The summed E-state index contributed by atoms with van der Waals surface area (Å²) < 4.78 is 27.8. The summed E-state index contributed by atoms with van der Waals surface area (Å²) in [6.07, 6.45) is 7.51. The molecule has 5 aromatic rings. The Morgan fingerprint density at radius 1 is 1.17 bits per heavy atom. The van der Waals surface area contributed by atoms with Crippen LogP contribution < -0.4 is 10.1 Å². The van der Waals surface area contributed by atoms with E-state index in [-0.39, 0.29) is 13.2 Å². The number of amides is 1. The van der Waals surface area contributed by atoms with Gasteiger partial charge in [-0.2, -0.15) is 15.5 Å². The van der Waals surface area contributed by atoms with Crippen molar-refractivity contribution in [2.24, 2.45) is 0 Å². The molecule has 14 heteroatoms. The molecular formula is C28H24FN9O4. The summed E-state index contributed by atoms with van der Waals surface area (Å²) in [5.74, 6) is 1.19. The maximum atomic E-state index is 13.2. The molecule has 1 atom stereocenters. The SMILES string of the molecule is N#Cc1cnn2cc(OCC3CN(C(=O)O)CCO3)cc(-c3ccc(NCc4ccc(-n5cc(F)cn5)nc4)nc3)c12. The maximum absolute atomic E-state index is 13.2. The highest BCUT2D eigenvalue weighted by atomic mass is 19.1.